The lowest BCUT2D eigenvalue weighted by atomic mass is 10.1. The van der Waals surface area contributed by atoms with Crippen molar-refractivity contribution in [2.75, 3.05) is 13.1 Å². The van der Waals surface area contributed by atoms with Gasteiger partial charge in [0.2, 0.25) is 5.91 Å². The van der Waals surface area contributed by atoms with Crippen molar-refractivity contribution in [1.82, 2.24) is 19.9 Å². The van der Waals surface area contributed by atoms with E-state index in [0.29, 0.717) is 18.7 Å². The van der Waals surface area contributed by atoms with E-state index >= 15 is 0 Å². The lowest BCUT2D eigenvalue weighted by Crippen LogP contribution is -2.31. The summed E-state index contributed by atoms with van der Waals surface area (Å²) in [6.07, 6.45) is 0.655. The third-order valence-corrected chi connectivity index (χ3v) is 4.20. The van der Waals surface area contributed by atoms with Gasteiger partial charge in [-0.05, 0) is 25.5 Å². The van der Waals surface area contributed by atoms with Crippen LogP contribution >= 0.6 is 0 Å². The Bertz CT molecular complexity index is 726. The molecule has 1 aliphatic rings. The quantitative estimate of drug-likeness (QED) is 0.911. The standard InChI is InChI=1S/C16H18N4O3/c1-11-14(17-18-20(11)13-5-3-2-4-6-13)9-15(21)19-8-7-12(10-19)16(22)23/h2-6,12H,7-10H2,1H3,(H,22,23). The third kappa shape index (κ3) is 3.08. The Labute approximate surface area is 133 Å². The molecule has 1 aromatic carbocycles. The molecular formula is C16H18N4O3. The monoisotopic (exact) mass is 314 g/mol. The Hall–Kier alpha value is -2.70. The number of hydrogen-bond acceptors (Lipinski definition) is 4. The van der Waals surface area contributed by atoms with E-state index in [1.165, 1.54) is 0 Å². The summed E-state index contributed by atoms with van der Waals surface area (Å²) in [5.41, 5.74) is 2.33. The molecule has 0 bridgehead atoms. The number of rotatable bonds is 4. The summed E-state index contributed by atoms with van der Waals surface area (Å²) in [7, 11) is 0. The number of carbonyl (C=O) groups excluding carboxylic acids is 1. The fourth-order valence-corrected chi connectivity index (χ4v) is 2.78. The number of amides is 1. The number of aliphatic carboxylic acids is 1. The van der Waals surface area contributed by atoms with Crippen molar-refractivity contribution in [1.29, 1.82) is 0 Å². The first-order valence-electron chi connectivity index (χ1n) is 7.53. The van der Waals surface area contributed by atoms with Crippen LogP contribution in [0.3, 0.4) is 0 Å². The highest BCUT2D eigenvalue weighted by molar-refractivity contribution is 5.80. The van der Waals surface area contributed by atoms with E-state index in [2.05, 4.69) is 10.3 Å². The second kappa shape index (κ2) is 6.20. The number of nitrogens with zero attached hydrogens (tertiary/aromatic N) is 4. The lowest BCUT2D eigenvalue weighted by molar-refractivity contribution is -0.141. The highest BCUT2D eigenvalue weighted by Crippen LogP contribution is 2.18. The second-order valence-electron chi connectivity index (χ2n) is 5.71. The minimum absolute atomic E-state index is 0.100. The molecule has 23 heavy (non-hydrogen) atoms. The van der Waals surface area contributed by atoms with Gasteiger partial charge in [0.15, 0.2) is 0 Å². The molecule has 0 spiro atoms. The molecular weight excluding hydrogens is 296 g/mol. The molecule has 2 aromatic rings. The Kier molecular flexibility index (Phi) is 4.10. The molecule has 7 nitrogen and oxygen atoms in total. The number of carboxylic acids is 1. The number of hydrogen-bond donors (Lipinski definition) is 1. The van der Waals surface area contributed by atoms with Crippen molar-refractivity contribution in [3.8, 4) is 5.69 Å². The zero-order valence-corrected chi connectivity index (χ0v) is 12.8. The summed E-state index contributed by atoms with van der Waals surface area (Å²) < 4.78 is 1.70. The summed E-state index contributed by atoms with van der Waals surface area (Å²) in [6.45, 7) is 2.64. The minimum atomic E-state index is -0.841. The Morgan fingerprint density at radius 3 is 2.70 bits per heavy atom. The van der Waals surface area contributed by atoms with Crippen LogP contribution in [0, 0.1) is 12.8 Å². The van der Waals surface area contributed by atoms with Crippen LogP contribution in [0.1, 0.15) is 17.8 Å². The fourth-order valence-electron chi connectivity index (χ4n) is 2.78. The van der Waals surface area contributed by atoms with Crippen LogP contribution in [0.25, 0.3) is 5.69 Å². The lowest BCUT2D eigenvalue weighted by Gasteiger charge is -2.15. The Morgan fingerprint density at radius 1 is 1.30 bits per heavy atom. The molecule has 1 atom stereocenters. The van der Waals surface area contributed by atoms with Crippen LogP contribution in [-0.2, 0) is 16.0 Å². The molecule has 1 saturated heterocycles. The maximum atomic E-state index is 12.3. The fraction of sp³-hybridized carbons (Fsp3) is 0.375. The molecule has 1 aliphatic heterocycles. The van der Waals surface area contributed by atoms with E-state index < -0.39 is 11.9 Å². The van der Waals surface area contributed by atoms with Crippen LogP contribution in [0.5, 0.6) is 0 Å². The van der Waals surface area contributed by atoms with Crippen molar-refractivity contribution in [2.24, 2.45) is 5.92 Å². The molecule has 1 N–H and O–H groups in total. The number of likely N-dealkylation sites (tertiary alicyclic amines) is 1. The van der Waals surface area contributed by atoms with Crippen molar-refractivity contribution in [3.63, 3.8) is 0 Å². The van der Waals surface area contributed by atoms with E-state index in [0.717, 1.165) is 11.4 Å². The van der Waals surface area contributed by atoms with Gasteiger partial charge in [-0.3, -0.25) is 9.59 Å². The molecule has 1 fully saturated rings. The first-order chi connectivity index (χ1) is 11.1. The van der Waals surface area contributed by atoms with Crippen molar-refractivity contribution in [3.05, 3.63) is 41.7 Å². The van der Waals surface area contributed by atoms with Gasteiger partial charge in [0, 0.05) is 13.1 Å². The maximum absolute atomic E-state index is 12.3. The van der Waals surface area contributed by atoms with Crippen molar-refractivity contribution >= 4 is 11.9 Å². The van der Waals surface area contributed by atoms with E-state index in [9.17, 15) is 9.59 Å². The van der Waals surface area contributed by atoms with Gasteiger partial charge in [-0.25, -0.2) is 4.68 Å². The zero-order valence-electron chi connectivity index (χ0n) is 12.8. The number of carbonyl (C=O) groups is 2. The molecule has 7 heteroatoms. The van der Waals surface area contributed by atoms with Crippen molar-refractivity contribution < 1.29 is 14.7 Å². The molecule has 2 heterocycles. The van der Waals surface area contributed by atoms with Gasteiger partial charge in [-0.2, -0.15) is 0 Å². The molecule has 1 aromatic heterocycles. The average molecular weight is 314 g/mol. The minimum Gasteiger partial charge on any atom is -0.481 e. The largest absolute Gasteiger partial charge is 0.481 e. The number of aromatic nitrogens is 3. The molecule has 1 unspecified atom stereocenters. The highest BCUT2D eigenvalue weighted by atomic mass is 16.4. The summed E-state index contributed by atoms with van der Waals surface area (Å²) in [4.78, 5) is 24.9. The summed E-state index contributed by atoms with van der Waals surface area (Å²) in [6, 6.07) is 9.60. The summed E-state index contributed by atoms with van der Waals surface area (Å²) in [5, 5.41) is 17.2. The SMILES string of the molecule is Cc1c(CC(=O)N2CCC(C(=O)O)C2)nnn1-c1ccccc1. The predicted octanol–water partition coefficient (Wildman–Crippen LogP) is 1.05. The highest BCUT2D eigenvalue weighted by Gasteiger charge is 2.31. The second-order valence-corrected chi connectivity index (χ2v) is 5.71. The topological polar surface area (TPSA) is 88.3 Å². The van der Waals surface area contributed by atoms with Gasteiger partial charge in [-0.15, -0.1) is 5.10 Å². The van der Waals surface area contributed by atoms with Gasteiger partial charge >= 0.3 is 5.97 Å². The maximum Gasteiger partial charge on any atom is 0.308 e. The number of benzene rings is 1. The van der Waals surface area contributed by atoms with Crippen LogP contribution in [-0.4, -0.2) is 50.0 Å². The van der Waals surface area contributed by atoms with Gasteiger partial charge < -0.3 is 10.0 Å². The molecule has 0 saturated carbocycles. The Morgan fingerprint density at radius 2 is 2.04 bits per heavy atom. The normalized spacial score (nSPS) is 17.4. The summed E-state index contributed by atoms with van der Waals surface area (Å²) >= 11 is 0. The van der Waals surface area contributed by atoms with Crippen LogP contribution in [0.4, 0.5) is 0 Å². The van der Waals surface area contributed by atoms with Gasteiger partial charge in [0.05, 0.1) is 29.4 Å². The molecule has 120 valence electrons. The molecule has 0 radical (unpaired) electrons. The van der Waals surface area contributed by atoms with Gasteiger partial charge in [-0.1, -0.05) is 23.4 Å². The van der Waals surface area contributed by atoms with Crippen LogP contribution in [0.15, 0.2) is 30.3 Å². The zero-order chi connectivity index (χ0) is 16.4. The molecule has 3 rings (SSSR count). The molecule has 0 aliphatic carbocycles. The van der Waals surface area contributed by atoms with Crippen molar-refractivity contribution in [2.45, 2.75) is 19.8 Å². The van der Waals surface area contributed by atoms with Gasteiger partial charge in [0.25, 0.3) is 0 Å². The molecule has 1 amide bonds. The average Bonchev–Trinajstić information content (AvgIpc) is 3.16. The third-order valence-electron chi connectivity index (χ3n) is 4.20. The Balaban J connectivity index is 1.71. The van der Waals surface area contributed by atoms with Crippen LogP contribution < -0.4 is 0 Å². The number of carboxylic acid groups (broad SMARTS) is 1. The van der Waals surface area contributed by atoms with E-state index in [-0.39, 0.29) is 18.9 Å². The predicted molar refractivity (Wildman–Crippen MR) is 82.1 cm³/mol. The van der Waals surface area contributed by atoms with E-state index in [1.54, 1.807) is 9.58 Å². The first-order valence-corrected chi connectivity index (χ1v) is 7.53. The number of para-hydroxylation sites is 1. The smallest absolute Gasteiger partial charge is 0.308 e. The first kappa shape index (κ1) is 15.2. The van der Waals surface area contributed by atoms with Crippen LogP contribution in [0.2, 0.25) is 0 Å². The summed E-state index contributed by atoms with van der Waals surface area (Å²) in [5.74, 6) is -1.40. The van der Waals surface area contributed by atoms with E-state index in [1.807, 2.05) is 37.3 Å². The van der Waals surface area contributed by atoms with E-state index in [4.69, 9.17) is 5.11 Å². The van der Waals surface area contributed by atoms with Gasteiger partial charge in [0.1, 0.15) is 0 Å².